The summed E-state index contributed by atoms with van der Waals surface area (Å²) < 4.78 is 5.37. The summed E-state index contributed by atoms with van der Waals surface area (Å²) in [6, 6.07) is 10.3. The zero-order valence-electron chi connectivity index (χ0n) is 16.3. The van der Waals surface area contributed by atoms with Crippen LogP contribution in [0, 0.1) is 0 Å². The first-order valence-electron chi connectivity index (χ1n) is 9.13. The van der Waals surface area contributed by atoms with Crippen LogP contribution in [0.15, 0.2) is 41.5 Å². The molecule has 7 heteroatoms. The van der Waals surface area contributed by atoms with E-state index in [-0.39, 0.29) is 12.1 Å². The van der Waals surface area contributed by atoms with Gasteiger partial charge in [-0.3, -0.25) is 9.98 Å². The predicted octanol–water partition coefficient (Wildman–Crippen LogP) is 2.52. The number of carbonyl (C=O) groups excluding carboxylic acids is 1. The lowest BCUT2D eigenvalue weighted by molar-refractivity contribution is 0.00701. The number of carbonyl (C=O) groups is 1. The third kappa shape index (κ3) is 4.87. The van der Waals surface area contributed by atoms with Crippen molar-refractivity contribution in [2.45, 2.75) is 39.0 Å². The average Bonchev–Trinajstić information content (AvgIpc) is 2.58. The first-order valence-corrected chi connectivity index (χ1v) is 9.13. The summed E-state index contributed by atoms with van der Waals surface area (Å²) in [7, 11) is 1.74. The van der Waals surface area contributed by atoms with Crippen molar-refractivity contribution in [2.24, 2.45) is 4.99 Å². The maximum Gasteiger partial charge on any atom is 0.410 e. The van der Waals surface area contributed by atoms with Gasteiger partial charge in [-0.1, -0.05) is 18.2 Å². The lowest BCUT2D eigenvalue weighted by Gasteiger charge is -2.40. The standard InChI is InChI=1S/C20H27N5O2/c1-20(2,3)27-19(26)25-12-15(13-25)24-18(21-4)23-11-14-9-10-22-17-8-6-5-7-16(14)17/h5-10,15H,11-13H2,1-4H3,(H2,21,23,24). The number of benzene rings is 1. The number of ether oxygens (including phenoxy) is 1. The molecule has 27 heavy (non-hydrogen) atoms. The first kappa shape index (κ1) is 18.9. The molecule has 0 unspecified atom stereocenters. The van der Waals surface area contributed by atoms with Gasteiger partial charge in [-0.15, -0.1) is 0 Å². The van der Waals surface area contributed by atoms with E-state index >= 15 is 0 Å². The van der Waals surface area contributed by atoms with Crippen LogP contribution >= 0.6 is 0 Å². The van der Waals surface area contributed by atoms with Crippen molar-refractivity contribution in [1.29, 1.82) is 0 Å². The Hall–Kier alpha value is -2.83. The fourth-order valence-corrected chi connectivity index (χ4v) is 2.92. The van der Waals surface area contributed by atoms with Gasteiger partial charge in [-0.25, -0.2) is 4.79 Å². The van der Waals surface area contributed by atoms with Crippen molar-refractivity contribution in [3.05, 3.63) is 42.1 Å². The minimum absolute atomic E-state index is 0.165. The van der Waals surface area contributed by atoms with Gasteiger partial charge in [-0.2, -0.15) is 0 Å². The summed E-state index contributed by atoms with van der Waals surface area (Å²) in [5.74, 6) is 0.713. The Morgan fingerprint density at radius 1 is 1.30 bits per heavy atom. The van der Waals surface area contributed by atoms with Crippen LogP contribution in [0.2, 0.25) is 0 Å². The van der Waals surface area contributed by atoms with E-state index in [1.807, 2.05) is 51.2 Å². The third-order valence-corrected chi connectivity index (χ3v) is 4.28. The molecule has 0 bridgehead atoms. The molecule has 0 atom stereocenters. The van der Waals surface area contributed by atoms with Gasteiger partial charge >= 0.3 is 6.09 Å². The van der Waals surface area contributed by atoms with Gasteiger partial charge in [0.15, 0.2) is 5.96 Å². The topological polar surface area (TPSA) is 78.9 Å². The molecule has 1 aliphatic rings. The monoisotopic (exact) mass is 369 g/mol. The quantitative estimate of drug-likeness (QED) is 0.642. The van der Waals surface area contributed by atoms with E-state index in [4.69, 9.17) is 4.74 Å². The molecule has 1 aliphatic heterocycles. The van der Waals surface area contributed by atoms with Gasteiger partial charge < -0.3 is 20.3 Å². The maximum absolute atomic E-state index is 12.0. The van der Waals surface area contributed by atoms with E-state index in [9.17, 15) is 4.79 Å². The van der Waals surface area contributed by atoms with Crippen LogP contribution in [0.3, 0.4) is 0 Å². The number of hydrogen-bond donors (Lipinski definition) is 2. The number of aliphatic imine (C=N–C) groups is 1. The summed E-state index contributed by atoms with van der Waals surface area (Å²) >= 11 is 0. The van der Waals surface area contributed by atoms with Gasteiger partial charge in [0.1, 0.15) is 5.60 Å². The van der Waals surface area contributed by atoms with E-state index in [1.165, 1.54) is 0 Å². The summed E-state index contributed by atoms with van der Waals surface area (Å²) in [6.07, 6.45) is 1.55. The van der Waals surface area contributed by atoms with E-state index in [1.54, 1.807) is 11.9 Å². The minimum Gasteiger partial charge on any atom is -0.444 e. The predicted molar refractivity (Wildman–Crippen MR) is 107 cm³/mol. The molecule has 2 N–H and O–H groups in total. The van der Waals surface area contributed by atoms with Crippen molar-refractivity contribution in [1.82, 2.24) is 20.5 Å². The van der Waals surface area contributed by atoms with Gasteiger partial charge in [0.2, 0.25) is 0 Å². The van der Waals surface area contributed by atoms with Crippen molar-refractivity contribution >= 4 is 23.0 Å². The minimum atomic E-state index is -0.472. The molecule has 1 saturated heterocycles. The number of nitrogens with zero attached hydrogens (tertiary/aromatic N) is 3. The lowest BCUT2D eigenvalue weighted by Crippen LogP contribution is -2.63. The largest absolute Gasteiger partial charge is 0.444 e. The molecule has 7 nitrogen and oxygen atoms in total. The summed E-state index contributed by atoms with van der Waals surface area (Å²) in [4.78, 5) is 22.4. The Bertz CT molecular complexity index is 832. The fraction of sp³-hybridized carbons (Fsp3) is 0.450. The van der Waals surface area contributed by atoms with Crippen molar-refractivity contribution in [3.8, 4) is 0 Å². The maximum atomic E-state index is 12.0. The SMILES string of the molecule is CN=C(NCc1ccnc2ccccc12)NC1CN(C(=O)OC(C)(C)C)C1. The zero-order chi connectivity index (χ0) is 19.4. The number of fused-ring (bicyclic) bond motifs is 1. The van der Waals surface area contributed by atoms with Gasteiger partial charge in [0, 0.05) is 38.3 Å². The van der Waals surface area contributed by atoms with Crippen LogP contribution in [0.1, 0.15) is 26.3 Å². The number of aromatic nitrogens is 1. The van der Waals surface area contributed by atoms with Crippen LogP contribution in [-0.2, 0) is 11.3 Å². The molecule has 3 rings (SSSR count). The molecule has 1 aromatic heterocycles. The summed E-state index contributed by atoms with van der Waals surface area (Å²) in [6.45, 7) is 7.46. The number of nitrogens with one attached hydrogen (secondary N) is 2. The second kappa shape index (κ2) is 7.82. The van der Waals surface area contributed by atoms with Crippen LogP contribution in [0.4, 0.5) is 4.79 Å². The smallest absolute Gasteiger partial charge is 0.410 e. The Morgan fingerprint density at radius 2 is 2.04 bits per heavy atom. The van der Waals surface area contributed by atoms with E-state index in [0.29, 0.717) is 25.6 Å². The molecular formula is C20H27N5O2. The van der Waals surface area contributed by atoms with Crippen molar-refractivity contribution in [3.63, 3.8) is 0 Å². The molecule has 144 valence electrons. The molecule has 1 aromatic carbocycles. The van der Waals surface area contributed by atoms with Crippen LogP contribution in [0.5, 0.6) is 0 Å². The number of para-hydroxylation sites is 1. The Morgan fingerprint density at radius 3 is 2.74 bits per heavy atom. The highest BCUT2D eigenvalue weighted by Crippen LogP contribution is 2.17. The molecule has 0 radical (unpaired) electrons. The normalized spacial score (nSPS) is 15.4. The number of guanidine groups is 1. The van der Waals surface area contributed by atoms with Crippen molar-refractivity contribution < 1.29 is 9.53 Å². The second-order valence-corrected chi connectivity index (χ2v) is 7.64. The second-order valence-electron chi connectivity index (χ2n) is 7.64. The molecule has 2 heterocycles. The zero-order valence-corrected chi connectivity index (χ0v) is 16.3. The first-order chi connectivity index (χ1) is 12.9. The average molecular weight is 369 g/mol. The molecule has 1 fully saturated rings. The number of likely N-dealkylation sites (tertiary alicyclic amines) is 1. The molecule has 2 aromatic rings. The van der Waals surface area contributed by atoms with E-state index in [2.05, 4.69) is 26.7 Å². The molecule has 0 aliphatic carbocycles. The molecule has 0 saturated carbocycles. The summed E-state index contributed by atoms with van der Waals surface area (Å²) in [5.41, 5.74) is 1.67. The van der Waals surface area contributed by atoms with Crippen LogP contribution in [-0.4, -0.2) is 53.7 Å². The Kier molecular flexibility index (Phi) is 5.48. The number of pyridine rings is 1. The lowest BCUT2D eigenvalue weighted by atomic mass is 10.1. The Labute approximate surface area is 159 Å². The van der Waals surface area contributed by atoms with Crippen LogP contribution in [0.25, 0.3) is 10.9 Å². The van der Waals surface area contributed by atoms with Gasteiger partial charge in [-0.05, 0) is 38.5 Å². The van der Waals surface area contributed by atoms with Gasteiger partial charge in [0.05, 0.1) is 11.6 Å². The van der Waals surface area contributed by atoms with Crippen molar-refractivity contribution in [2.75, 3.05) is 20.1 Å². The van der Waals surface area contributed by atoms with E-state index in [0.717, 1.165) is 16.5 Å². The number of hydrogen-bond acceptors (Lipinski definition) is 4. The highest BCUT2D eigenvalue weighted by molar-refractivity contribution is 5.84. The highest BCUT2D eigenvalue weighted by Gasteiger charge is 2.34. The van der Waals surface area contributed by atoms with Gasteiger partial charge in [0.25, 0.3) is 0 Å². The highest BCUT2D eigenvalue weighted by atomic mass is 16.6. The van der Waals surface area contributed by atoms with E-state index < -0.39 is 5.60 Å². The fourth-order valence-electron chi connectivity index (χ4n) is 2.92. The molecule has 0 spiro atoms. The summed E-state index contributed by atoms with van der Waals surface area (Å²) in [5, 5.41) is 7.81. The molecular weight excluding hydrogens is 342 g/mol. The number of amides is 1. The number of rotatable bonds is 3. The molecule has 1 amide bonds. The van der Waals surface area contributed by atoms with Crippen LogP contribution < -0.4 is 10.6 Å². The third-order valence-electron chi connectivity index (χ3n) is 4.28. The Balaban J connectivity index is 1.50.